The Labute approximate surface area is 811 Å². The number of benzene rings is 14. The Kier molecular flexibility index (Phi) is 63.7. The summed E-state index contributed by atoms with van der Waals surface area (Å²) < 4.78 is 0. The molecule has 0 radical (unpaired) electrons. The molecule has 0 aliphatic heterocycles. The zero-order valence-corrected chi connectivity index (χ0v) is 88.5. The smallest absolute Gasteiger partial charge is 0.0276 e. The van der Waals surface area contributed by atoms with Gasteiger partial charge in [0.15, 0.2) is 0 Å². The van der Waals surface area contributed by atoms with Gasteiger partial charge in [-0.1, -0.05) is 467 Å². The number of hydrogen-bond donors (Lipinski definition) is 0. The molecular formula is C132H178. The first-order valence-corrected chi connectivity index (χ1v) is 50.2. The summed E-state index contributed by atoms with van der Waals surface area (Å²) in [5.74, 6) is 0. The average Bonchev–Trinajstić information content (AvgIpc) is 0.867. The van der Waals surface area contributed by atoms with Gasteiger partial charge in [0.05, 0.1) is 0 Å². The molecule has 706 valence electrons. The van der Waals surface area contributed by atoms with Crippen LogP contribution in [0.4, 0.5) is 0 Å². The highest BCUT2D eigenvalue weighted by molar-refractivity contribution is 5.39. The summed E-state index contributed by atoms with van der Waals surface area (Å²) in [6.45, 7) is 62.6. The molecule has 132 heavy (non-hydrogen) atoms. The van der Waals surface area contributed by atoms with Crippen molar-refractivity contribution in [3.8, 4) is 0 Å². The molecule has 0 fully saturated rings. The third-order valence-corrected chi connectivity index (χ3v) is 23.9. The van der Waals surface area contributed by atoms with Gasteiger partial charge in [-0.25, -0.2) is 0 Å². The second-order valence-electron chi connectivity index (χ2n) is 35.6. The van der Waals surface area contributed by atoms with Crippen LogP contribution in [-0.2, 0) is 83.5 Å². The Morgan fingerprint density at radius 3 is 0.818 bits per heavy atom. The van der Waals surface area contributed by atoms with Crippen molar-refractivity contribution in [2.24, 2.45) is 0 Å². The van der Waals surface area contributed by atoms with Gasteiger partial charge in [0.1, 0.15) is 0 Å². The summed E-state index contributed by atoms with van der Waals surface area (Å²) in [7, 11) is 0. The standard InChI is InChI=1S/C11H16.C10H12.8C10H14.3C8H10.C7H8/c1-4-10-6-9(3)7-11(5-2)8-10;1-2-6-10-8-4-3-7-9(10)5-1;1-7-5-8(2)10(4)9(3)6-7;1-7-5-6-8(2)10(4)9(7)3;1-3-5-10-7-4-6-9(2)8-10;1-3-4-10-7-5-9(2)6-8-10;1-3-9-5-7-10(4-2)8-6-9;1-3-9-6-5-7-10(4-2)8-9;1-3-9-7-5-6-8-10(9)4-2;1-2-3-7-10-8-5-4-6-9-10;1-7-3-5-8(2)6-4-7;1-7-4-3-5-8(2)6-7;1-7-5-3-4-6-8(7)2;1-7-5-3-2-4-6-7/h6-8H,4-5H2,1-3H3;1-2,5-6H,3-4,7-8H2;2*5-6H,1-4H3;4,6-8H,3,5H2,1-2H3;4*5-8H,3-4H2,1-2H3;4-6,8-9H,2-3,7H2,1H3;3*3-6H,1-2H3;2-6H,1H3. The van der Waals surface area contributed by atoms with Crippen LogP contribution in [0.2, 0.25) is 0 Å². The number of rotatable bonds is 15. The quantitative estimate of drug-likeness (QED) is 0.0960. The van der Waals surface area contributed by atoms with Gasteiger partial charge in [0, 0.05) is 0 Å². The number of fused-ring (bicyclic) bond motifs is 1. The molecule has 0 heteroatoms. The highest BCUT2D eigenvalue weighted by Gasteiger charge is 2.07. The summed E-state index contributed by atoms with van der Waals surface area (Å²) in [5, 5.41) is 0. The first-order chi connectivity index (χ1) is 63.4. The molecule has 0 spiro atoms. The number of hydrogen-bond acceptors (Lipinski definition) is 0. The Morgan fingerprint density at radius 1 is 0.167 bits per heavy atom. The van der Waals surface area contributed by atoms with E-state index in [9.17, 15) is 0 Å². The van der Waals surface area contributed by atoms with E-state index in [1.807, 2.05) is 18.2 Å². The molecule has 0 amide bonds. The number of aryl methyl sites for hydroxylation is 28. The molecule has 0 nitrogen and oxygen atoms in total. The Morgan fingerprint density at radius 2 is 0.462 bits per heavy atom. The fourth-order valence-corrected chi connectivity index (χ4v) is 14.6. The predicted octanol–water partition coefficient (Wildman–Crippen LogP) is 37.8. The van der Waals surface area contributed by atoms with E-state index in [1.165, 1.54) is 232 Å². The zero-order chi connectivity index (χ0) is 97.8. The first kappa shape index (κ1) is 117. The minimum absolute atomic E-state index is 1.14. The van der Waals surface area contributed by atoms with E-state index in [2.05, 4.69) is 504 Å². The maximum Gasteiger partial charge on any atom is -0.0276 e. The van der Waals surface area contributed by atoms with E-state index in [4.69, 9.17) is 0 Å². The van der Waals surface area contributed by atoms with Crippen LogP contribution in [0.25, 0.3) is 0 Å². The second kappa shape index (κ2) is 71.7. The fourth-order valence-electron chi connectivity index (χ4n) is 14.6. The van der Waals surface area contributed by atoms with E-state index in [0.29, 0.717) is 0 Å². The lowest BCUT2D eigenvalue weighted by atomic mass is 9.92. The van der Waals surface area contributed by atoms with E-state index in [-0.39, 0.29) is 0 Å². The van der Waals surface area contributed by atoms with E-state index < -0.39 is 0 Å². The minimum Gasteiger partial charge on any atom is -0.0654 e. The van der Waals surface area contributed by atoms with Crippen molar-refractivity contribution in [2.75, 3.05) is 0 Å². The van der Waals surface area contributed by atoms with Crippen LogP contribution in [-0.4, -0.2) is 0 Å². The lowest BCUT2D eigenvalue weighted by molar-refractivity contribution is 0.685. The van der Waals surface area contributed by atoms with Gasteiger partial charge in [-0.15, -0.1) is 0 Å². The van der Waals surface area contributed by atoms with Gasteiger partial charge >= 0.3 is 0 Å². The second-order valence-corrected chi connectivity index (χ2v) is 35.6. The topological polar surface area (TPSA) is 0 Å². The zero-order valence-electron chi connectivity index (χ0n) is 88.5. The molecule has 14 aromatic rings. The van der Waals surface area contributed by atoms with Crippen molar-refractivity contribution in [3.63, 3.8) is 0 Å². The van der Waals surface area contributed by atoms with Gasteiger partial charge in [-0.3, -0.25) is 0 Å². The van der Waals surface area contributed by atoms with E-state index in [0.717, 1.165) is 51.4 Å². The van der Waals surface area contributed by atoms with Crippen LogP contribution in [0.1, 0.15) is 287 Å². The summed E-state index contributed by atoms with van der Waals surface area (Å²) in [5.41, 5.74) is 43.9. The molecule has 0 unspecified atom stereocenters. The molecule has 15 rings (SSSR count). The van der Waals surface area contributed by atoms with Crippen molar-refractivity contribution in [3.05, 3.63) is 494 Å². The van der Waals surface area contributed by atoms with Gasteiger partial charge in [-0.05, 0) is 350 Å². The molecule has 0 atom stereocenters. The minimum atomic E-state index is 1.14. The molecule has 0 bridgehead atoms. The largest absolute Gasteiger partial charge is 0.0654 e. The maximum atomic E-state index is 2.30. The first-order valence-electron chi connectivity index (χ1n) is 50.2. The van der Waals surface area contributed by atoms with E-state index in [1.54, 1.807) is 11.1 Å². The maximum absolute atomic E-state index is 2.30. The van der Waals surface area contributed by atoms with Gasteiger partial charge in [0.2, 0.25) is 0 Å². The molecule has 1 aliphatic rings. The van der Waals surface area contributed by atoms with Gasteiger partial charge in [-0.2, -0.15) is 0 Å². The summed E-state index contributed by atoms with van der Waals surface area (Å²) in [6.07, 6.45) is 23.3. The van der Waals surface area contributed by atoms with Crippen LogP contribution in [0, 0.1) is 125 Å². The molecule has 14 aromatic carbocycles. The van der Waals surface area contributed by atoms with Crippen LogP contribution in [0.5, 0.6) is 0 Å². The lowest BCUT2D eigenvalue weighted by Gasteiger charge is -2.13. The Bertz CT molecular complexity index is 5010. The number of unbranched alkanes of at least 4 members (excludes halogenated alkanes) is 1. The van der Waals surface area contributed by atoms with Crippen molar-refractivity contribution >= 4 is 0 Å². The Balaban J connectivity index is 0.000000482. The third kappa shape index (κ3) is 53.6. The highest BCUT2D eigenvalue weighted by atomic mass is 14.1. The van der Waals surface area contributed by atoms with Gasteiger partial charge in [0.25, 0.3) is 0 Å². The molecule has 0 aromatic heterocycles. The Hall–Kier alpha value is -10.9. The summed E-state index contributed by atoms with van der Waals surface area (Å²) >= 11 is 0. The fraction of sp³-hybridized carbons (Fsp3) is 0.364. The van der Waals surface area contributed by atoms with Crippen molar-refractivity contribution in [1.82, 2.24) is 0 Å². The SMILES string of the molecule is CCCCc1ccccc1.CCCc1ccc(C)cc1.CCCc1cccc(C)c1.CCc1cc(C)cc(CC)c1.CCc1ccc(CC)cc1.CCc1cccc(CC)c1.CCc1ccccc1CC.Cc1cc(C)c(C)c(C)c1.Cc1ccc(C)c(C)c1C.Cc1ccc(C)cc1.Cc1cccc(C)c1.Cc1ccccc1.Cc1ccccc1C.c1ccc2c(c1)CCCC2. The van der Waals surface area contributed by atoms with E-state index >= 15 is 0 Å². The molecule has 0 saturated carbocycles. The van der Waals surface area contributed by atoms with Crippen LogP contribution in [0.15, 0.2) is 322 Å². The molecular weight excluding hydrogens is 1590 g/mol. The molecule has 1 aliphatic carbocycles. The third-order valence-electron chi connectivity index (χ3n) is 23.9. The molecule has 0 heterocycles. The monoisotopic (exact) mass is 1760 g/mol. The summed E-state index contributed by atoms with van der Waals surface area (Å²) in [6, 6.07) is 114. The normalized spacial score (nSPS) is 10.2. The predicted molar refractivity (Wildman–Crippen MR) is 594 cm³/mol. The van der Waals surface area contributed by atoms with Crippen molar-refractivity contribution < 1.29 is 0 Å². The summed E-state index contributed by atoms with van der Waals surface area (Å²) in [4.78, 5) is 0. The molecule has 0 N–H and O–H groups in total. The van der Waals surface area contributed by atoms with Crippen molar-refractivity contribution in [1.29, 1.82) is 0 Å². The lowest BCUT2D eigenvalue weighted by Crippen LogP contribution is -2.00. The van der Waals surface area contributed by atoms with Crippen LogP contribution in [0.3, 0.4) is 0 Å². The molecule has 0 saturated heterocycles. The van der Waals surface area contributed by atoms with Gasteiger partial charge < -0.3 is 0 Å². The van der Waals surface area contributed by atoms with Crippen LogP contribution < -0.4 is 0 Å². The highest BCUT2D eigenvalue weighted by Crippen LogP contribution is 2.22. The van der Waals surface area contributed by atoms with Crippen LogP contribution >= 0.6 is 0 Å². The van der Waals surface area contributed by atoms with Crippen molar-refractivity contribution in [2.45, 2.75) is 323 Å². The average molecular weight is 1760 g/mol.